The average Bonchev–Trinajstić information content (AvgIpc) is 3.18. The minimum absolute atomic E-state index is 0. The minimum atomic E-state index is -2.39. The molecule has 20 N–H and O–H groups in total. The van der Waals surface area contributed by atoms with Gasteiger partial charge in [-0.1, -0.05) is 25.7 Å². The Balaban J connectivity index is 0.000000906. The van der Waals surface area contributed by atoms with Crippen molar-refractivity contribution < 1.29 is 142 Å². The second kappa shape index (κ2) is 26.9. The van der Waals surface area contributed by atoms with Crippen LogP contribution in [0.15, 0.2) is 0 Å². The Morgan fingerprint density at radius 3 is 1.09 bits per heavy atom. The Labute approximate surface area is 338 Å². The first-order valence-corrected chi connectivity index (χ1v) is 17.2. The van der Waals surface area contributed by atoms with Crippen LogP contribution in [-0.2, 0) is 49.6 Å². The first-order chi connectivity index (χ1) is 26.1. The number of hydrogen-bond donors (Lipinski definition) is 18. The van der Waals surface area contributed by atoms with E-state index in [-0.39, 0.29) is 33.1 Å². The molecule has 1 aliphatic carbocycles. The number of rotatable bonds is 16. The van der Waals surface area contributed by atoms with Crippen molar-refractivity contribution in [2.75, 3.05) is 26.4 Å². The van der Waals surface area contributed by atoms with Crippen molar-refractivity contribution >= 4 is 11.9 Å². The minimum Gasteiger partial charge on any atom is -0.676 e. The molecule has 20 atom stereocenters. The summed E-state index contributed by atoms with van der Waals surface area (Å²) in [6, 6.07) is -0.160. The van der Waals surface area contributed by atoms with Crippen molar-refractivity contribution in [2.45, 2.75) is 148 Å². The van der Waals surface area contributed by atoms with Gasteiger partial charge in [-0.3, -0.25) is 0 Å². The zero-order valence-electron chi connectivity index (χ0n) is 30.0. The van der Waals surface area contributed by atoms with Crippen LogP contribution in [0.4, 0.5) is 0 Å². The van der Waals surface area contributed by atoms with Gasteiger partial charge in [-0.15, -0.1) is 0 Å². The summed E-state index contributed by atoms with van der Waals surface area (Å²) in [6.07, 6.45) is -29.6. The molecule has 340 valence electrons. The van der Waals surface area contributed by atoms with Gasteiger partial charge in [-0.2, -0.15) is 12.1 Å². The number of aliphatic hydroxyl groups is 16. The predicted molar refractivity (Wildman–Crippen MR) is 177 cm³/mol. The fourth-order valence-corrected chi connectivity index (χ4v) is 5.46. The van der Waals surface area contributed by atoms with Gasteiger partial charge in [0.05, 0.1) is 26.4 Å². The van der Waals surface area contributed by atoms with Crippen LogP contribution in [-0.4, -0.2) is 253 Å². The van der Waals surface area contributed by atoms with Crippen molar-refractivity contribution in [2.24, 2.45) is 0 Å². The van der Waals surface area contributed by atoms with Gasteiger partial charge in [0.1, 0.15) is 85.5 Å². The Bertz CT molecular complexity index is 1050. The van der Waals surface area contributed by atoms with E-state index in [0.717, 1.165) is 12.8 Å². The van der Waals surface area contributed by atoms with E-state index in [1.54, 1.807) is 0 Å². The van der Waals surface area contributed by atoms with Gasteiger partial charge < -0.3 is 122 Å². The number of hydrogen-bond acceptors (Lipinski definition) is 22. The molecule has 0 spiro atoms. The zero-order chi connectivity index (χ0) is 43.2. The third-order valence-corrected chi connectivity index (χ3v) is 9.00. The number of ether oxygens (including phenoxy) is 4. The number of carbonyl (C=O) groups is 2. The first-order valence-electron chi connectivity index (χ1n) is 17.2. The molecule has 3 fully saturated rings. The van der Waals surface area contributed by atoms with Gasteiger partial charge in [-0.25, -0.2) is 9.59 Å². The van der Waals surface area contributed by atoms with Gasteiger partial charge >= 0.3 is 33.0 Å². The Hall–Kier alpha value is -1.25. The number of carboxylic acids is 2. The molecule has 0 aromatic carbocycles. The molecule has 2 saturated heterocycles. The first kappa shape index (κ1) is 55.7. The third kappa shape index (κ3) is 15.9. The summed E-state index contributed by atoms with van der Waals surface area (Å²) in [6.45, 7) is -3.52. The number of aliphatic hydroxyl groups excluding tert-OH is 16. The van der Waals surface area contributed by atoms with Crippen LogP contribution in [0.3, 0.4) is 0 Å². The molecule has 26 nitrogen and oxygen atoms in total. The van der Waals surface area contributed by atoms with Crippen LogP contribution >= 0.6 is 0 Å². The molecular weight excluding hydrogens is 967 g/mol. The second-order valence-electron chi connectivity index (χ2n) is 13.1. The molecule has 27 heteroatoms. The summed E-state index contributed by atoms with van der Waals surface area (Å²) < 4.78 is 20.0. The summed E-state index contributed by atoms with van der Waals surface area (Å²) in [7, 11) is 0. The molecule has 0 radical (unpaired) electrons. The van der Waals surface area contributed by atoms with Crippen LogP contribution < -0.4 is 0 Å². The molecular formula is C30H56N2O24Pt. The van der Waals surface area contributed by atoms with Crippen LogP contribution in [0.5, 0.6) is 0 Å². The SMILES string of the molecule is O=C(O)C(O)C(O)C(OC1OC(CO)C(O)C(O)C1O)C(O)CO.O=C(O)C(O)C(O)C(OC1OC(CO)C(O)C(O)C1O)C(O)CO.[NH-]C1CCCCC1[NH-].[Pt+2]. The van der Waals surface area contributed by atoms with E-state index in [1.165, 1.54) is 12.8 Å². The molecule has 20 unspecified atom stereocenters. The molecule has 0 bridgehead atoms. The van der Waals surface area contributed by atoms with E-state index in [0.29, 0.717) is 0 Å². The summed E-state index contributed by atoms with van der Waals surface area (Å²) >= 11 is 0. The molecule has 2 heterocycles. The number of carboxylic acid groups (broad SMARTS) is 2. The van der Waals surface area contributed by atoms with E-state index in [1.807, 2.05) is 0 Å². The van der Waals surface area contributed by atoms with Crippen molar-refractivity contribution in [3.8, 4) is 0 Å². The second-order valence-corrected chi connectivity index (χ2v) is 13.1. The quantitative estimate of drug-likeness (QED) is 0.0683. The maximum absolute atomic E-state index is 10.7. The van der Waals surface area contributed by atoms with E-state index in [2.05, 4.69) is 0 Å². The third-order valence-electron chi connectivity index (χ3n) is 9.00. The summed E-state index contributed by atoms with van der Waals surface area (Å²) in [5.74, 6) is -3.68. The average molecular weight is 1020 g/mol. The van der Waals surface area contributed by atoms with E-state index >= 15 is 0 Å². The van der Waals surface area contributed by atoms with E-state index in [9.17, 15) is 70.9 Å². The maximum Gasteiger partial charge on any atom is 2.00 e. The van der Waals surface area contributed by atoms with Crippen molar-refractivity contribution in [1.29, 1.82) is 0 Å². The van der Waals surface area contributed by atoms with Crippen LogP contribution in [0, 0.1) is 0 Å². The molecule has 1 saturated carbocycles. The van der Waals surface area contributed by atoms with E-state index in [4.69, 9.17) is 61.1 Å². The Kier molecular flexibility index (Phi) is 26.3. The van der Waals surface area contributed by atoms with Crippen LogP contribution in [0.2, 0.25) is 0 Å². The Morgan fingerprint density at radius 1 is 0.561 bits per heavy atom. The smallest absolute Gasteiger partial charge is 0.676 e. The van der Waals surface area contributed by atoms with Gasteiger partial charge in [0.15, 0.2) is 24.8 Å². The van der Waals surface area contributed by atoms with Crippen molar-refractivity contribution in [1.82, 2.24) is 0 Å². The van der Waals surface area contributed by atoms with Crippen molar-refractivity contribution in [3.63, 3.8) is 0 Å². The van der Waals surface area contributed by atoms with Crippen LogP contribution in [0.25, 0.3) is 11.5 Å². The fraction of sp³-hybridized carbons (Fsp3) is 0.933. The standard InChI is InChI=1S/2C12H22O12.C6H12N2.Pt/c2*13-1-3(15)10(7(18)8(19)11(21)22)24-12-9(20)6(17)5(16)4(2-14)23-12;7-5-3-1-2-4-6(5)8;/h2*3-10,12-20H,1-2H2,(H,21,22);5-8H,1-4H2;/q;;-2;+2. The number of aliphatic carboxylic acids is 2. The summed E-state index contributed by atoms with van der Waals surface area (Å²) in [4.78, 5) is 21.4. The molecule has 2 aliphatic heterocycles. The molecule has 0 aromatic heterocycles. The summed E-state index contributed by atoms with van der Waals surface area (Å²) in [5, 5.41) is 169. The monoisotopic (exact) mass is 1020 g/mol. The topological polar surface area (TPSA) is 483 Å². The van der Waals surface area contributed by atoms with Gasteiger partial charge in [-0.05, 0) is 0 Å². The van der Waals surface area contributed by atoms with Crippen molar-refractivity contribution in [3.05, 3.63) is 11.5 Å². The Morgan fingerprint density at radius 2 is 0.860 bits per heavy atom. The maximum atomic E-state index is 10.7. The number of nitrogens with one attached hydrogen (secondary N) is 2. The predicted octanol–water partition coefficient (Wildman–Crippen LogP) is -8.94. The van der Waals surface area contributed by atoms with E-state index < -0.39 is 149 Å². The zero-order valence-corrected chi connectivity index (χ0v) is 32.3. The van der Waals surface area contributed by atoms with Gasteiger partial charge in [0.2, 0.25) is 0 Å². The van der Waals surface area contributed by atoms with Gasteiger partial charge in [0, 0.05) is 0 Å². The van der Waals surface area contributed by atoms with Crippen LogP contribution in [0.1, 0.15) is 25.7 Å². The normalized spacial score (nSPS) is 35.8. The molecule has 3 aliphatic rings. The molecule has 0 amide bonds. The fourth-order valence-electron chi connectivity index (χ4n) is 5.46. The summed E-state index contributed by atoms with van der Waals surface area (Å²) in [5.41, 5.74) is 14.6. The molecule has 3 rings (SSSR count). The largest absolute Gasteiger partial charge is 2.00 e. The molecule has 57 heavy (non-hydrogen) atoms. The molecule has 0 aromatic rings. The van der Waals surface area contributed by atoms with Gasteiger partial charge in [0.25, 0.3) is 0 Å².